The lowest BCUT2D eigenvalue weighted by Gasteiger charge is -2.36. The Morgan fingerprint density at radius 1 is 1.00 bits per heavy atom. The zero-order valence-electron chi connectivity index (χ0n) is 18.3. The largest absolute Gasteiger partial charge is 0.362 e. The molecule has 0 fully saturated rings. The van der Waals surface area contributed by atoms with E-state index in [1.165, 1.54) is 0 Å². The van der Waals surface area contributed by atoms with Gasteiger partial charge in [-0.25, -0.2) is 0 Å². The van der Waals surface area contributed by atoms with Gasteiger partial charge in [-0.2, -0.15) is 0 Å². The van der Waals surface area contributed by atoms with Crippen molar-refractivity contribution in [1.82, 2.24) is 15.3 Å². The summed E-state index contributed by atoms with van der Waals surface area (Å²) in [6, 6.07) is 19.3. The summed E-state index contributed by atoms with van der Waals surface area (Å²) in [5, 5.41) is 6.32. The van der Waals surface area contributed by atoms with Crippen molar-refractivity contribution in [3.63, 3.8) is 0 Å². The van der Waals surface area contributed by atoms with E-state index in [0.717, 1.165) is 17.0 Å². The SMILES string of the molecule is CC1=C(C(=O)Nc2cccnc2)[C@@H](c2ccccn2)C2=C(C[C@@H](c3ccccc3)CC2=O)N1. The number of hydrogen-bond donors (Lipinski definition) is 2. The van der Waals surface area contributed by atoms with Crippen LogP contribution in [0.2, 0.25) is 0 Å². The van der Waals surface area contributed by atoms with E-state index in [9.17, 15) is 9.59 Å². The molecule has 3 aromatic rings. The van der Waals surface area contributed by atoms with E-state index in [-0.39, 0.29) is 17.6 Å². The smallest absolute Gasteiger partial charge is 0.254 e. The fraction of sp³-hybridized carbons (Fsp3) is 0.185. The van der Waals surface area contributed by atoms with Crippen LogP contribution in [0.1, 0.15) is 42.9 Å². The predicted octanol–water partition coefficient (Wildman–Crippen LogP) is 4.48. The summed E-state index contributed by atoms with van der Waals surface area (Å²) in [6.45, 7) is 1.88. The van der Waals surface area contributed by atoms with Gasteiger partial charge in [0.1, 0.15) is 0 Å². The minimum Gasteiger partial charge on any atom is -0.362 e. The summed E-state index contributed by atoms with van der Waals surface area (Å²) in [4.78, 5) is 35.6. The molecule has 2 aliphatic rings. The molecule has 0 saturated heterocycles. The molecule has 33 heavy (non-hydrogen) atoms. The van der Waals surface area contributed by atoms with Gasteiger partial charge in [-0.3, -0.25) is 19.6 Å². The van der Waals surface area contributed by atoms with Crippen LogP contribution in [0.3, 0.4) is 0 Å². The van der Waals surface area contributed by atoms with Gasteiger partial charge in [0.25, 0.3) is 5.91 Å². The van der Waals surface area contributed by atoms with E-state index in [4.69, 9.17) is 0 Å². The van der Waals surface area contributed by atoms with Crippen LogP contribution in [0.4, 0.5) is 5.69 Å². The minimum atomic E-state index is -0.525. The van der Waals surface area contributed by atoms with Crippen molar-refractivity contribution in [1.29, 1.82) is 0 Å². The Balaban J connectivity index is 1.55. The number of anilines is 1. The highest BCUT2D eigenvalue weighted by Crippen LogP contribution is 2.45. The number of nitrogens with zero attached hydrogens (tertiary/aromatic N) is 2. The zero-order chi connectivity index (χ0) is 22.8. The summed E-state index contributed by atoms with van der Waals surface area (Å²) in [5.74, 6) is -0.642. The summed E-state index contributed by atoms with van der Waals surface area (Å²) in [6.07, 6.45) is 6.07. The number of rotatable bonds is 4. The van der Waals surface area contributed by atoms with Crippen LogP contribution in [0.5, 0.6) is 0 Å². The number of ketones is 1. The van der Waals surface area contributed by atoms with Gasteiger partial charge < -0.3 is 10.6 Å². The summed E-state index contributed by atoms with van der Waals surface area (Å²) < 4.78 is 0. The lowest BCUT2D eigenvalue weighted by molar-refractivity contribution is -0.116. The molecule has 1 aliphatic carbocycles. The second kappa shape index (κ2) is 8.82. The van der Waals surface area contributed by atoms with Crippen LogP contribution >= 0.6 is 0 Å². The molecule has 0 radical (unpaired) electrons. The van der Waals surface area contributed by atoms with Crippen molar-refractivity contribution in [2.75, 3.05) is 5.32 Å². The molecular weight excluding hydrogens is 412 g/mol. The predicted molar refractivity (Wildman–Crippen MR) is 126 cm³/mol. The van der Waals surface area contributed by atoms with E-state index in [0.29, 0.717) is 35.4 Å². The summed E-state index contributed by atoms with van der Waals surface area (Å²) in [5.41, 5.74) is 5.19. The van der Waals surface area contributed by atoms with E-state index >= 15 is 0 Å². The first-order valence-electron chi connectivity index (χ1n) is 11.0. The van der Waals surface area contributed by atoms with Crippen molar-refractivity contribution in [2.45, 2.75) is 31.6 Å². The molecule has 6 nitrogen and oxygen atoms in total. The average molecular weight is 437 g/mol. The quantitative estimate of drug-likeness (QED) is 0.630. The second-order valence-corrected chi connectivity index (χ2v) is 8.38. The van der Waals surface area contributed by atoms with Crippen LogP contribution in [-0.2, 0) is 9.59 Å². The van der Waals surface area contributed by atoms with Gasteiger partial charge in [-0.1, -0.05) is 36.4 Å². The van der Waals surface area contributed by atoms with Crippen LogP contribution in [0.25, 0.3) is 0 Å². The van der Waals surface area contributed by atoms with Gasteiger partial charge in [0.05, 0.1) is 23.5 Å². The number of allylic oxidation sites excluding steroid dienone is 3. The Bertz CT molecular complexity index is 1250. The highest BCUT2D eigenvalue weighted by Gasteiger charge is 2.41. The molecule has 6 heteroatoms. The molecule has 0 saturated carbocycles. The zero-order valence-corrected chi connectivity index (χ0v) is 18.3. The topological polar surface area (TPSA) is 84.0 Å². The number of hydrogen-bond acceptors (Lipinski definition) is 5. The molecule has 3 heterocycles. The molecular formula is C27H24N4O2. The van der Waals surface area contributed by atoms with Gasteiger partial charge >= 0.3 is 0 Å². The lowest BCUT2D eigenvalue weighted by Crippen LogP contribution is -2.37. The first kappa shape index (κ1) is 20.8. The maximum Gasteiger partial charge on any atom is 0.254 e. The third kappa shape index (κ3) is 4.07. The van der Waals surface area contributed by atoms with Crippen molar-refractivity contribution in [2.24, 2.45) is 0 Å². The number of Topliss-reactive ketones (excluding diaryl/α,β-unsaturated/α-hetero) is 1. The van der Waals surface area contributed by atoms with Gasteiger partial charge in [-0.05, 0) is 49.1 Å². The number of amides is 1. The number of nitrogens with one attached hydrogen (secondary N) is 2. The third-order valence-corrected chi connectivity index (χ3v) is 6.25. The summed E-state index contributed by atoms with van der Waals surface area (Å²) >= 11 is 0. The first-order valence-corrected chi connectivity index (χ1v) is 11.0. The number of benzene rings is 1. The molecule has 1 aliphatic heterocycles. The van der Waals surface area contributed by atoms with Crippen molar-refractivity contribution >= 4 is 17.4 Å². The average Bonchev–Trinajstić information content (AvgIpc) is 2.84. The highest BCUT2D eigenvalue weighted by atomic mass is 16.2. The molecule has 0 bridgehead atoms. The number of carbonyl (C=O) groups excluding carboxylic acids is 2. The molecule has 2 N–H and O–H groups in total. The number of pyridine rings is 2. The molecule has 5 rings (SSSR count). The van der Waals surface area contributed by atoms with Crippen molar-refractivity contribution in [3.05, 3.63) is 113 Å². The Kier molecular flexibility index (Phi) is 5.57. The van der Waals surface area contributed by atoms with Crippen molar-refractivity contribution < 1.29 is 9.59 Å². The van der Waals surface area contributed by atoms with Crippen LogP contribution < -0.4 is 10.6 Å². The normalized spacial score (nSPS) is 20.2. The second-order valence-electron chi connectivity index (χ2n) is 8.38. The third-order valence-electron chi connectivity index (χ3n) is 6.25. The highest BCUT2D eigenvalue weighted by molar-refractivity contribution is 6.09. The Labute approximate surface area is 192 Å². The Morgan fingerprint density at radius 2 is 1.82 bits per heavy atom. The van der Waals surface area contributed by atoms with E-state index in [1.54, 1.807) is 30.7 Å². The number of carbonyl (C=O) groups is 2. The number of dihydropyridines is 1. The van der Waals surface area contributed by atoms with Gasteiger partial charge in [0, 0.05) is 41.4 Å². The number of aromatic nitrogens is 2. The standard InChI is InChI=1S/C27H24N4O2/c1-17-24(27(33)31-20-10-7-12-28-16-20)26(21-11-5-6-13-29-21)25-22(30-17)14-19(15-23(25)32)18-8-3-2-4-9-18/h2-13,16,19,26,30H,14-15H2,1H3,(H,31,33)/t19-,26-/m1/s1. The summed E-state index contributed by atoms with van der Waals surface area (Å²) in [7, 11) is 0. The maximum absolute atomic E-state index is 13.5. The Hall–Kier alpha value is -4.06. The van der Waals surface area contributed by atoms with Crippen LogP contribution in [-0.4, -0.2) is 21.7 Å². The van der Waals surface area contributed by atoms with Gasteiger partial charge in [-0.15, -0.1) is 0 Å². The van der Waals surface area contributed by atoms with E-state index in [2.05, 4.69) is 32.7 Å². The first-order chi connectivity index (χ1) is 16.1. The van der Waals surface area contributed by atoms with E-state index in [1.807, 2.05) is 43.3 Å². The molecule has 1 aromatic carbocycles. The van der Waals surface area contributed by atoms with Gasteiger partial charge in [0.2, 0.25) is 0 Å². The molecule has 1 amide bonds. The monoisotopic (exact) mass is 436 g/mol. The van der Waals surface area contributed by atoms with Gasteiger partial charge in [0.15, 0.2) is 5.78 Å². The fourth-order valence-corrected chi connectivity index (χ4v) is 4.78. The van der Waals surface area contributed by atoms with Crippen LogP contribution in [0, 0.1) is 0 Å². The van der Waals surface area contributed by atoms with Crippen molar-refractivity contribution in [3.8, 4) is 0 Å². The minimum absolute atomic E-state index is 0.0485. The van der Waals surface area contributed by atoms with Crippen LogP contribution in [0.15, 0.2) is 102 Å². The molecule has 2 aromatic heterocycles. The fourth-order valence-electron chi connectivity index (χ4n) is 4.78. The van der Waals surface area contributed by atoms with E-state index < -0.39 is 5.92 Å². The lowest BCUT2D eigenvalue weighted by atomic mass is 9.72. The molecule has 164 valence electrons. The molecule has 2 atom stereocenters. The maximum atomic E-state index is 13.5. The Morgan fingerprint density at radius 3 is 2.55 bits per heavy atom. The molecule has 0 spiro atoms. The molecule has 0 unspecified atom stereocenters.